The van der Waals surface area contributed by atoms with Crippen LogP contribution in [0.25, 0.3) is 11.1 Å². The van der Waals surface area contributed by atoms with E-state index in [2.05, 4.69) is 34.3 Å². The van der Waals surface area contributed by atoms with Gasteiger partial charge in [0.15, 0.2) is 0 Å². The molecule has 2 aromatic rings. The summed E-state index contributed by atoms with van der Waals surface area (Å²) in [7, 11) is 2.06. The van der Waals surface area contributed by atoms with E-state index in [4.69, 9.17) is 4.52 Å². The van der Waals surface area contributed by atoms with Gasteiger partial charge in [0.05, 0.1) is 16.6 Å². The predicted octanol–water partition coefficient (Wildman–Crippen LogP) is 1.61. The van der Waals surface area contributed by atoms with E-state index in [1.807, 2.05) is 6.07 Å². The van der Waals surface area contributed by atoms with Crippen LogP contribution in [0.2, 0.25) is 0 Å². The summed E-state index contributed by atoms with van der Waals surface area (Å²) >= 11 is 0. The highest BCUT2D eigenvalue weighted by molar-refractivity contribution is 5.97. The first-order chi connectivity index (χ1) is 10.2. The molecule has 0 unspecified atom stereocenters. The number of amides is 1. The Morgan fingerprint density at radius 2 is 2.43 bits per heavy atom. The predicted molar refractivity (Wildman–Crippen MR) is 79.2 cm³/mol. The average molecular weight is 288 g/mol. The maximum Gasteiger partial charge on any atom is 0.257 e. The summed E-state index contributed by atoms with van der Waals surface area (Å²) in [6.45, 7) is 4.01. The van der Waals surface area contributed by atoms with E-state index in [0.717, 1.165) is 43.4 Å². The van der Waals surface area contributed by atoms with Gasteiger partial charge in [-0.15, -0.1) is 0 Å². The van der Waals surface area contributed by atoms with Gasteiger partial charge < -0.3 is 14.7 Å². The maximum atomic E-state index is 12.3. The molecule has 0 radical (unpaired) electrons. The number of fused-ring (bicyclic) bond motifs is 1. The molecular formula is C15H20N4O2. The minimum Gasteiger partial charge on any atom is -0.348 e. The second kappa shape index (κ2) is 5.81. The molecule has 1 saturated heterocycles. The van der Waals surface area contributed by atoms with E-state index in [-0.39, 0.29) is 11.9 Å². The summed E-state index contributed by atoms with van der Waals surface area (Å²) < 4.78 is 5.18. The molecule has 0 aromatic carbocycles. The lowest BCUT2D eigenvalue weighted by molar-refractivity contribution is 0.0938. The Kier molecular flexibility index (Phi) is 3.88. The second-order valence-corrected chi connectivity index (χ2v) is 5.68. The van der Waals surface area contributed by atoms with E-state index >= 15 is 0 Å². The zero-order valence-corrected chi connectivity index (χ0v) is 12.4. The number of likely N-dealkylation sites (N-methyl/N-ethyl adjacent to an activating group) is 1. The number of nitrogens with one attached hydrogen (secondary N) is 1. The molecule has 0 saturated carbocycles. The third-order valence-corrected chi connectivity index (χ3v) is 3.88. The van der Waals surface area contributed by atoms with Gasteiger partial charge in [-0.25, -0.2) is 4.98 Å². The molecule has 3 heterocycles. The number of hydrogen-bond donors (Lipinski definition) is 1. The molecule has 3 rings (SSSR count). The molecule has 1 aliphatic heterocycles. The Hall–Kier alpha value is -1.95. The molecule has 1 atom stereocenters. The summed E-state index contributed by atoms with van der Waals surface area (Å²) in [4.78, 5) is 18.7. The van der Waals surface area contributed by atoms with Gasteiger partial charge in [0.2, 0.25) is 0 Å². The molecular weight excluding hydrogens is 268 g/mol. The lowest BCUT2D eigenvalue weighted by Gasteiger charge is -2.12. The quantitative estimate of drug-likeness (QED) is 0.925. The molecule has 1 amide bonds. The minimum absolute atomic E-state index is 0.0756. The highest BCUT2D eigenvalue weighted by Crippen LogP contribution is 2.19. The fraction of sp³-hybridized carbons (Fsp3) is 0.533. The van der Waals surface area contributed by atoms with Crippen molar-refractivity contribution < 1.29 is 9.32 Å². The molecule has 21 heavy (non-hydrogen) atoms. The monoisotopic (exact) mass is 288 g/mol. The Balaban J connectivity index is 1.79. The smallest absolute Gasteiger partial charge is 0.257 e. The Morgan fingerprint density at radius 1 is 1.57 bits per heavy atom. The molecule has 6 nitrogen and oxygen atoms in total. The summed E-state index contributed by atoms with van der Waals surface area (Å²) in [6, 6.07) is 2.05. The molecule has 1 fully saturated rings. The highest BCUT2D eigenvalue weighted by Gasteiger charge is 2.22. The summed E-state index contributed by atoms with van der Waals surface area (Å²) in [5.41, 5.74) is 1.93. The Labute approximate surface area is 123 Å². The number of rotatable bonds is 4. The Morgan fingerprint density at radius 3 is 3.14 bits per heavy atom. The van der Waals surface area contributed by atoms with Crippen LogP contribution in [-0.2, 0) is 6.42 Å². The maximum absolute atomic E-state index is 12.3. The number of aromatic nitrogens is 2. The normalized spacial score (nSPS) is 19.2. The van der Waals surface area contributed by atoms with Crippen molar-refractivity contribution in [3.63, 3.8) is 0 Å². The lowest BCUT2D eigenvalue weighted by atomic mass is 10.1. The molecule has 0 spiro atoms. The van der Waals surface area contributed by atoms with E-state index in [9.17, 15) is 4.79 Å². The fourth-order valence-corrected chi connectivity index (χ4v) is 2.74. The molecule has 0 aliphatic carbocycles. The van der Waals surface area contributed by atoms with Crippen molar-refractivity contribution in [3.05, 3.63) is 23.5 Å². The third kappa shape index (κ3) is 2.90. The van der Waals surface area contributed by atoms with Gasteiger partial charge in [-0.05, 0) is 32.5 Å². The molecule has 2 aromatic heterocycles. The minimum atomic E-state index is -0.0756. The van der Waals surface area contributed by atoms with Gasteiger partial charge in [-0.1, -0.05) is 18.5 Å². The fourth-order valence-electron chi connectivity index (χ4n) is 2.74. The van der Waals surface area contributed by atoms with Crippen LogP contribution in [0.1, 0.15) is 35.8 Å². The molecule has 1 aliphatic rings. The van der Waals surface area contributed by atoms with Crippen LogP contribution in [0.4, 0.5) is 0 Å². The first-order valence-corrected chi connectivity index (χ1v) is 7.41. The standard InChI is InChI=1S/C15H20N4O2/c1-3-4-13-12-7-10(8-16-15(12)21-18-13)14(20)17-11-5-6-19(2)9-11/h7-8,11H,3-6,9H2,1-2H3,(H,17,20)/t11-/m1/s1. The second-order valence-electron chi connectivity index (χ2n) is 5.68. The number of nitrogens with zero attached hydrogens (tertiary/aromatic N) is 3. The van der Waals surface area contributed by atoms with Crippen LogP contribution in [0.15, 0.2) is 16.8 Å². The van der Waals surface area contributed by atoms with Gasteiger partial charge in [-0.3, -0.25) is 4.79 Å². The molecule has 6 heteroatoms. The number of pyridine rings is 1. The van der Waals surface area contributed by atoms with Crippen molar-refractivity contribution in [2.24, 2.45) is 0 Å². The number of aryl methyl sites for hydroxylation is 1. The van der Waals surface area contributed by atoms with E-state index in [1.54, 1.807) is 6.20 Å². The van der Waals surface area contributed by atoms with Crippen LogP contribution in [-0.4, -0.2) is 47.1 Å². The van der Waals surface area contributed by atoms with Crippen molar-refractivity contribution in [1.29, 1.82) is 0 Å². The van der Waals surface area contributed by atoms with Gasteiger partial charge in [0.25, 0.3) is 11.6 Å². The van der Waals surface area contributed by atoms with Gasteiger partial charge in [0.1, 0.15) is 0 Å². The van der Waals surface area contributed by atoms with Crippen molar-refractivity contribution in [2.45, 2.75) is 32.2 Å². The topological polar surface area (TPSA) is 71.3 Å². The largest absolute Gasteiger partial charge is 0.348 e. The summed E-state index contributed by atoms with van der Waals surface area (Å²) in [6.07, 6.45) is 4.35. The average Bonchev–Trinajstić information content (AvgIpc) is 3.06. The zero-order valence-electron chi connectivity index (χ0n) is 12.4. The van der Waals surface area contributed by atoms with E-state index in [0.29, 0.717) is 11.3 Å². The van der Waals surface area contributed by atoms with E-state index in [1.165, 1.54) is 0 Å². The highest BCUT2D eigenvalue weighted by atomic mass is 16.5. The van der Waals surface area contributed by atoms with Crippen LogP contribution >= 0.6 is 0 Å². The van der Waals surface area contributed by atoms with Crippen LogP contribution in [0.3, 0.4) is 0 Å². The van der Waals surface area contributed by atoms with Crippen molar-refractivity contribution in [2.75, 3.05) is 20.1 Å². The van der Waals surface area contributed by atoms with Gasteiger partial charge in [-0.2, -0.15) is 0 Å². The zero-order chi connectivity index (χ0) is 14.8. The van der Waals surface area contributed by atoms with E-state index < -0.39 is 0 Å². The van der Waals surface area contributed by atoms with Crippen molar-refractivity contribution in [1.82, 2.24) is 20.4 Å². The van der Waals surface area contributed by atoms with Crippen LogP contribution in [0.5, 0.6) is 0 Å². The first kappa shape index (κ1) is 14.0. The van der Waals surface area contributed by atoms with Crippen LogP contribution < -0.4 is 5.32 Å². The lowest BCUT2D eigenvalue weighted by Crippen LogP contribution is -2.36. The molecule has 112 valence electrons. The SMILES string of the molecule is CCCc1noc2ncc(C(=O)N[C@@H]3CCN(C)C3)cc12. The third-order valence-electron chi connectivity index (χ3n) is 3.88. The first-order valence-electron chi connectivity index (χ1n) is 7.41. The number of hydrogen-bond acceptors (Lipinski definition) is 5. The van der Waals surface area contributed by atoms with Gasteiger partial charge >= 0.3 is 0 Å². The Bertz CT molecular complexity index is 652. The number of likely N-dealkylation sites (tertiary alicyclic amines) is 1. The van der Waals surface area contributed by atoms with Crippen molar-refractivity contribution in [3.8, 4) is 0 Å². The number of carbonyl (C=O) groups excluding carboxylic acids is 1. The summed E-state index contributed by atoms with van der Waals surface area (Å²) in [5, 5.41) is 7.93. The van der Waals surface area contributed by atoms with Crippen LogP contribution in [0, 0.1) is 0 Å². The molecule has 0 bridgehead atoms. The number of carbonyl (C=O) groups is 1. The molecule has 1 N–H and O–H groups in total. The summed E-state index contributed by atoms with van der Waals surface area (Å²) in [5.74, 6) is -0.0756. The van der Waals surface area contributed by atoms with Gasteiger partial charge in [0, 0.05) is 18.8 Å². The van der Waals surface area contributed by atoms with Crippen molar-refractivity contribution >= 4 is 17.0 Å².